The lowest BCUT2D eigenvalue weighted by atomic mass is 9.81. The van der Waals surface area contributed by atoms with Crippen molar-refractivity contribution in [1.82, 2.24) is 9.80 Å². The van der Waals surface area contributed by atoms with Gasteiger partial charge in [0.1, 0.15) is 0 Å². The van der Waals surface area contributed by atoms with Crippen LogP contribution < -0.4 is 0 Å². The molecule has 1 saturated carbocycles. The molecule has 0 aromatic rings. The minimum absolute atomic E-state index is 0.390. The smallest absolute Gasteiger partial charge is 0.0578 e. The van der Waals surface area contributed by atoms with Crippen molar-refractivity contribution in [3.05, 3.63) is 0 Å². The summed E-state index contributed by atoms with van der Waals surface area (Å²) in [4.78, 5) is 5.29. The van der Waals surface area contributed by atoms with E-state index in [2.05, 4.69) is 44.4 Å². The molecule has 0 spiro atoms. The van der Waals surface area contributed by atoms with Crippen LogP contribution in [0.3, 0.4) is 0 Å². The van der Waals surface area contributed by atoms with E-state index in [1.807, 2.05) is 0 Å². The molecule has 2 rings (SSSR count). The zero-order chi connectivity index (χ0) is 17.5. The predicted molar refractivity (Wildman–Crippen MR) is 104 cm³/mol. The lowest BCUT2D eigenvalue weighted by Gasteiger charge is -2.37. The Bertz CT molecular complexity index is 329. The monoisotopic (exact) mass is 338 g/mol. The molecule has 1 atom stereocenters. The molecule has 3 heteroatoms. The van der Waals surface area contributed by atoms with Gasteiger partial charge in [0.25, 0.3) is 0 Å². The average Bonchev–Trinajstić information content (AvgIpc) is 2.54. The van der Waals surface area contributed by atoms with E-state index in [1.165, 1.54) is 71.2 Å². The second-order valence-corrected chi connectivity index (χ2v) is 8.93. The van der Waals surface area contributed by atoms with Crippen LogP contribution in [0.5, 0.6) is 0 Å². The van der Waals surface area contributed by atoms with E-state index in [-0.39, 0.29) is 0 Å². The maximum atomic E-state index is 5.99. The minimum Gasteiger partial charge on any atom is -0.376 e. The van der Waals surface area contributed by atoms with Gasteiger partial charge in [-0.3, -0.25) is 4.90 Å². The summed E-state index contributed by atoms with van der Waals surface area (Å²) in [7, 11) is 0. The van der Waals surface area contributed by atoms with Crippen LogP contribution in [0.15, 0.2) is 0 Å². The molecule has 1 saturated heterocycles. The van der Waals surface area contributed by atoms with Crippen LogP contribution in [0.25, 0.3) is 0 Å². The van der Waals surface area contributed by atoms with E-state index in [9.17, 15) is 0 Å². The summed E-state index contributed by atoms with van der Waals surface area (Å²) in [5.74, 6) is 1.82. The topological polar surface area (TPSA) is 15.7 Å². The Balaban J connectivity index is 1.57. The van der Waals surface area contributed by atoms with Crippen LogP contribution in [-0.2, 0) is 4.74 Å². The number of hydrogen-bond acceptors (Lipinski definition) is 3. The van der Waals surface area contributed by atoms with Gasteiger partial charge >= 0.3 is 0 Å². The Kier molecular flexibility index (Phi) is 8.53. The third-order valence-corrected chi connectivity index (χ3v) is 6.07. The lowest BCUT2D eigenvalue weighted by Crippen LogP contribution is -2.49. The molecule has 3 nitrogen and oxygen atoms in total. The van der Waals surface area contributed by atoms with Crippen molar-refractivity contribution in [2.24, 2.45) is 11.8 Å². The second kappa shape index (κ2) is 10.1. The average molecular weight is 339 g/mol. The van der Waals surface area contributed by atoms with Crippen molar-refractivity contribution in [2.45, 2.75) is 91.4 Å². The fraction of sp³-hybridized carbons (Fsp3) is 1.00. The molecule has 0 unspecified atom stereocenters. The predicted octanol–water partition coefficient (Wildman–Crippen LogP) is 4.41. The molecule has 0 bridgehead atoms. The molecule has 2 fully saturated rings. The van der Waals surface area contributed by atoms with Crippen molar-refractivity contribution >= 4 is 0 Å². The first kappa shape index (κ1) is 20.2. The normalized spacial score (nSPS) is 28.6. The summed E-state index contributed by atoms with van der Waals surface area (Å²) in [6.45, 7) is 17.8. The van der Waals surface area contributed by atoms with Gasteiger partial charge < -0.3 is 9.64 Å². The van der Waals surface area contributed by atoms with E-state index in [0.717, 1.165) is 11.8 Å². The number of nitrogens with zero attached hydrogens (tertiary/aromatic N) is 2. The molecular weight excluding hydrogens is 296 g/mol. The first-order valence-electron chi connectivity index (χ1n) is 10.6. The summed E-state index contributed by atoms with van der Waals surface area (Å²) in [6, 6.07) is 0.709. The highest BCUT2D eigenvalue weighted by molar-refractivity contribution is 4.77. The number of piperazine rings is 1. The van der Waals surface area contributed by atoms with Crippen LogP contribution in [0.2, 0.25) is 0 Å². The third-order valence-electron chi connectivity index (χ3n) is 6.07. The summed E-state index contributed by atoms with van der Waals surface area (Å²) in [6.07, 6.45) is 9.07. The van der Waals surface area contributed by atoms with Gasteiger partial charge in [-0.1, -0.05) is 6.92 Å². The molecule has 0 aromatic carbocycles. The Hall–Kier alpha value is -0.120. The van der Waals surface area contributed by atoms with Crippen molar-refractivity contribution in [1.29, 1.82) is 0 Å². The first-order valence-corrected chi connectivity index (χ1v) is 10.6. The Morgan fingerprint density at radius 2 is 1.50 bits per heavy atom. The fourth-order valence-electron chi connectivity index (χ4n) is 4.48. The Morgan fingerprint density at radius 1 is 0.875 bits per heavy atom. The van der Waals surface area contributed by atoms with Gasteiger partial charge in [-0.25, -0.2) is 0 Å². The summed E-state index contributed by atoms with van der Waals surface area (Å²) in [5.41, 5.74) is 0. The van der Waals surface area contributed by atoms with Crippen LogP contribution in [0.4, 0.5) is 0 Å². The first-order chi connectivity index (χ1) is 11.4. The summed E-state index contributed by atoms with van der Waals surface area (Å²) >= 11 is 0. The summed E-state index contributed by atoms with van der Waals surface area (Å²) < 4.78 is 5.99. The number of ether oxygens (including phenoxy) is 1. The molecule has 0 radical (unpaired) electrons. The maximum Gasteiger partial charge on any atom is 0.0578 e. The fourth-order valence-corrected chi connectivity index (χ4v) is 4.48. The van der Waals surface area contributed by atoms with E-state index < -0.39 is 0 Å². The van der Waals surface area contributed by atoms with Gasteiger partial charge in [-0.2, -0.15) is 0 Å². The van der Waals surface area contributed by atoms with E-state index in [0.29, 0.717) is 18.2 Å². The van der Waals surface area contributed by atoms with Crippen LogP contribution in [-0.4, -0.2) is 60.8 Å². The van der Waals surface area contributed by atoms with E-state index >= 15 is 0 Å². The molecule has 0 amide bonds. The van der Waals surface area contributed by atoms with Crippen molar-refractivity contribution < 1.29 is 4.74 Å². The largest absolute Gasteiger partial charge is 0.376 e. The standard InChI is InChI=1S/C21H42N2O/c1-17(2)23-14-12-22(13-15-23)11-10-19(5)16-20-6-8-21(9-7-20)24-18(3)4/h17-21H,6-16H2,1-5H3/t19-,20?,21?/m1/s1. The lowest BCUT2D eigenvalue weighted by molar-refractivity contribution is -0.0213. The molecule has 142 valence electrons. The van der Waals surface area contributed by atoms with Crippen LogP contribution in [0, 0.1) is 11.8 Å². The SMILES string of the molecule is CC(C)OC1CCC(C[C@H](C)CCN2CCN(C(C)C)CC2)CC1. The van der Waals surface area contributed by atoms with Crippen molar-refractivity contribution in [2.75, 3.05) is 32.7 Å². The van der Waals surface area contributed by atoms with Gasteiger partial charge in [0, 0.05) is 32.2 Å². The zero-order valence-corrected chi connectivity index (χ0v) is 17.0. The summed E-state index contributed by atoms with van der Waals surface area (Å²) in [5, 5.41) is 0. The maximum absolute atomic E-state index is 5.99. The second-order valence-electron chi connectivity index (χ2n) is 8.93. The van der Waals surface area contributed by atoms with E-state index in [4.69, 9.17) is 4.74 Å². The highest BCUT2D eigenvalue weighted by Crippen LogP contribution is 2.32. The molecule has 0 aromatic heterocycles. The van der Waals surface area contributed by atoms with Gasteiger partial charge in [0.15, 0.2) is 0 Å². The van der Waals surface area contributed by atoms with Crippen LogP contribution in [0.1, 0.15) is 73.1 Å². The van der Waals surface area contributed by atoms with Gasteiger partial charge in [0.2, 0.25) is 0 Å². The van der Waals surface area contributed by atoms with Gasteiger partial charge in [-0.15, -0.1) is 0 Å². The van der Waals surface area contributed by atoms with Crippen LogP contribution >= 0.6 is 0 Å². The third kappa shape index (κ3) is 7.01. The highest BCUT2D eigenvalue weighted by atomic mass is 16.5. The zero-order valence-electron chi connectivity index (χ0n) is 17.0. The molecule has 1 aliphatic carbocycles. The molecule has 2 aliphatic rings. The molecule has 1 heterocycles. The molecule has 1 aliphatic heterocycles. The van der Waals surface area contributed by atoms with E-state index in [1.54, 1.807) is 0 Å². The van der Waals surface area contributed by atoms with Gasteiger partial charge in [-0.05, 0) is 84.6 Å². The van der Waals surface area contributed by atoms with Crippen molar-refractivity contribution in [3.63, 3.8) is 0 Å². The van der Waals surface area contributed by atoms with Gasteiger partial charge in [0.05, 0.1) is 12.2 Å². The molecule has 24 heavy (non-hydrogen) atoms. The van der Waals surface area contributed by atoms with Crippen molar-refractivity contribution in [3.8, 4) is 0 Å². The molecular formula is C21H42N2O. The number of hydrogen-bond donors (Lipinski definition) is 0. The highest BCUT2D eigenvalue weighted by Gasteiger charge is 2.24. The Morgan fingerprint density at radius 3 is 2.04 bits per heavy atom. The quantitative estimate of drug-likeness (QED) is 0.652. The minimum atomic E-state index is 0.390. The molecule has 0 N–H and O–H groups in total. The number of rotatable bonds is 8. The Labute approximate surface area is 151 Å².